The Kier molecular flexibility index (Phi) is 4.33. The summed E-state index contributed by atoms with van der Waals surface area (Å²) in [4.78, 5) is 2.57. The number of nitrogens with two attached hydrogens (primary N) is 1. The van der Waals surface area contributed by atoms with Crippen LogP contribution in [0.2, 0.25) is 0 Å². The third-order valence-corrected chi connectivity index (χ3v) is 4.51. The first-order valence-corrected chi connectivity index (χ1v) is 7.67. The molecule has 0 amide bonds. The van der Waals surface area contributed by atoms with Gasteiger partial charge in [-0.3, -0.25) is 0 Å². The summed E-state index contributed by atoms with van der Waals surface area (Å²) in [6.07, 6.45) is 3.79. The molecule has 2 rings (SSSR count). The second-order valence-corrected chi connectivity index (χ2v) is 6.30. The summed E-state index contributed by atoms with van der Waals surface area (Å²) in [6, 6.07) is 7.86. The maximum Gasteiger partial charge on any atom is 0.0420 e. The van der Waals surface area contributed by atoms with Gasteiger partial charge >= 0.3 is 0 Å². The van der Waals surface area contributed by atoms with E-state index in [-0.39, 0.29) is 6.04 Å². The van der Waals surface area contributed by atoms with Crippen LogP contribution in [0.1, 0.15) is 51.6 Å². The van der Waals surface area contributed by atoms with Gasteiger partial charge in [-0.15, -0.1) is 0 Å². The van der Waals surface area contributed by atoms with Crippen molar-refractivity contribution in [3.8, 4) is 0 Å². The Morgan fingerprint density at radius 3 is 2.78 bits per heavy atom. The van der Waals surface area contributed by atoms with Gasteiger partial charge in [0, 0.05) is 28.3 Å². The topological polar surface area (TPSA) is 29.3 Å². The van der Waals surface area contributed by atoms with Crippen LogP contribution in [0.15, 0.2) is 22.7 Å². The van der Waals surface area contributed by atoms with Crippen molar-refractivity contribution >= 4 is 21.6 Å². The Hall–Kier alpha value is -0.540. The molecule has 1 aromatic carbocycles. The molecule has 0 aliphatic carbocycles. The van der Waals surface area contributed by atoms with Crippen LogP contribution in [0, 0.1) is 0 Å². The summed E-state index contributed by atoms with van der Waals surface area (Å²) in [7, 11) is 0. The average molecular weight is 311 g/mol. The molecule has 2 nitrogen and oxygen atoms in total. The smallest absolute Gasteiger partial charge is 0.0420 e. The minimum absolute atomic E-state index is 0.0720. The minimum Gasteiger partial charge on any atom is -0.366 e. The van der Waals surface area contributed by atoms with E-state index in [2.05, 4.69) is 59.8 Å². The number of benzene rings is 1. The van der Waals surface area contributed by atoms with Gasteiger partial charge in [-0.05, 0) is 56.9 Å². The van der Waals surface area contributed by atoms with E-state index in [1.165, 1.54) is 30.5 Å². The second kappa shape index (κ2) is 5.62. The fourth-order valence-corrected chi connectivity index (χ4v) is 3.41. The maximum absolute atomic E-state index is 6.14. The normalized spacial score (nSPS) is 25.5. The molecule has 0 saturated carbocycles. The highest BCUT2D eigenvalue weighted by Crippen LogP contribution is 2.37. The van der Waals surface area contributed by atoms with Crippen molar-refractivity contribution in [2.24, 2.45) is 5.73 Å². The molecule has 0 spiro atoms. The molecule has 1 fully saturated rings. The summed E-state index contributed by atoms with van der Waals surface area (Å²) in [5, 5.41) is 0. The molecule has 3 unspecified atom stereocenters. The molecule has 2 N–H and O–H groups in total. The molecular weight excluding hydrogens is 288 g/mol. The monoisotopic (exact) mass is 310 g/mol. The van der Waals surface area contributed by atoms with Crippen molar-refractivity contribution in [2.75, 3.05) is 4.90 Å². The lowest BCUT2D eigenvalue weighted by Gasteiger charge is -2.33. The Bertz CT molecular complexity index is 417. The van der Waals surface area contributed by atoms with Gasteiger partial charge in [-0.2, -0.15) is 0 Å². The van der Waals surface area contributed by atoms with Gasteiger partial charge in [0.2, 0.25) is 0 Å². The van der Waals surface area contributed by atoms with Crippen LogP contribution in [-0.4, -0.2) is 12.1 Å². The standard InChI is InChI=1S/C15H23BrN2/c1-4-13-7-5-10(2)18(13)15-8-6-12(16)9-14(15)11(3)17/h6,8-11,13H,4-5,7,17H2,1-3H3. The number of nitrogens with zero attached hydrogens (tertiary/aromatic N) is 1. The maximum atomic E-state index is 6.14. The first-order valence-electron chi connectivity index (χ1n) is 6.88. The molecule has 3 heteroatoms. The Morgan fingerprint density at radius 2 is 2.17 bits per heavy atom. The third-order valence-electron chi connectivity index (χ3n) is 4.02. The van der Waals surface area contributed by atoms with Crippen LogP contribution in [0.25, 0.3) is 0 Å². The van der Waals surface area contributed by atoms with E-state index >= 15 is 0 Å². The first-order chi connectivity index (χ1) is 8.54. The van der Waals surface area contributed by atoms with Crippen molar-refractivity contribution < 1.29 is 0 Å². The quantitative estimate of drug-likeness (QED) is 0.905. The molecule has 100 valence electrons. The van der Waals surface area contributed by atoms with Crippen LogP contribution in [-0.2, 0) is 0 Å². The number of halogens is 1. The summed E-state index contributed by atoms with van der Waals surface area (Å²) in [5.41, 5.74) is 8.71. The molecule has 1 aliphatic heterocycles. The summed E-state index contributed by atoms with van der Waals surface area (Å²) >= 11 is 3.55. The fourth-order valence-electron chi connectivity index (χ4n) is 3.03. The second-order valence-electron chi connectivity index (χ2n) is 5.39. The lowest BCUT2D eigenvalue weighted by molar-refractivity contribution is 0.622. The predicted octanol–water partition coefficient (Wildman–Crippen LogP) is 4.24. The first kappa shape index (κ1) is 13.9. The SMILES string of the molecule is CCC1CCC(C)N1c1ccc(Br)cc1C(C)N. The van der Waals surface area contributed by atoms with E-state index in [0.29, 0.717) is 12.1 Å². The van der Waals surface area contributed by atoms with Crippen LogP contribution in [0.3, 0.4) is 0 Å². The average Bonchev–Trinajstić information content (AvgIpc) is 2.70. The van der Waals surface area contributed by atoms with Crippen LogP contribution < -0.4 is 10.6 Å². The van der Waals surface area contributed by atoms with Gasteiger partial charge in [0.25, 0.3) is 0 Å². The molecule has 1 heterocycles. The van der Waals surface area contributed by atoms with Gasteiger partial charge in [0.1, 0.15) is 0 Å². The molecule has 1 aromatic rings. The Labute approximate surface area is 119 Å². The van der Waals surface area contributed by atoms with Gasteiger partial charge in [0.05, 0.1) is 0 Å². The largest absolute Gasteiger partial charge is 0.366 e. The zero-order valence-electron chi connectivity index (χ0n) is 11.5. The lowest BCUT2D eigenvalue weighted by atomic mass is 10.0. The molecule has 0 bridgehead atoms. The van der Waals surface area contributed by atoms with E-state index in [9.17, 15) is 0 Å². The minimum atomic E-state index is 0.0720. The number of hydrogen-bond donors (Lipinski definition) is 1. The zero-order valence-corrected chi connectivity index (χ0v) is 13.1. The van der Waals surface area contributed by atoms with Gasteiger partial charge in [-0.25, -0.2) is 0 Å². The van der Waals surface area contributed by atoms with E-state index in [1.807, 2.05) is 0 Å². The Balaban J connectivity index is 2.43. The third kappa shape index (κ3) is 2.57. The van der Waals surface area contributed by atoms with E-state index in [4.69, 9.17) is 5.73 Å². The highest BCUT2D eigenvalue weighted by molar-refractivity contribution is 9.10. The van der Waals surface area contributed by atoms with Gasteiger partial charge < -0.3 is 10.6 Å². The summed E-state index contributed by atoms with van der Waals surface area (Å²) in [5.74, 6) is 0. The molecule has 1 aliphatic rings. The molecule has 1 saturated heterocycles. The predicted molar refractivity (Wildman–Crippen MR) is 82.0 cm³/mol. The highest BCUT2D eigenvalue weighted by atomic mass is 79.9. The van der Waals surface area contributed by atoms with Gasteiger partial charge in [-0.1, -0.05) is 22.9 Å². The zero-order chi connectivity index (χ0) is 13.3. The molecule has 18 heavy (non-hydrogen) atoms. The van der Waals surface area contributed by atoms with Crippen LogP contribution >= 0.6 is 15.9 Å². The molecule has 0 radical (unpaired) electrons. The highest BCUT2D eigenvalue weighted by Gasteiger charge is 2.31. The molecular formula is C15H23BrN2. The van der Waals surface area contributed by atoms with Gasteiger partial charge in [0.15, 0.2) is 0 Å². The van der Waals surface area contributed by atoms with E-state index < -0.39 is 0 Å². The lowest BCUT2D eigenvalue weighted by Crippen LogP contribution is -2.35. The number of rotatable bonds is 3. The number of hydrogen-bond acceptors (Lipinski definition) is 2. The van der Waals surface area contributed by atoms with Crippen LogP contribution in [0.5, 0.6) is 0 Å². The molecule has 3 atom stereocenters. The fraction of sp³-hybridized carbons (Fsp3) is 0.600. The van der Waals surface area contributed by atoms with E-state index in [1.54, 1.807) is 0 Å². The summed E-state index contributed by atoms with van der Waals surface area (Å²) < 4.78 is 1.11. The number of anilines is 1. The Morgan fingerprint density at radius 1 is 1.44 bits per heavy atom. The van der Waals surface area contributed by atoms with Crippen molar-refractivity contribution in [1.82, 2.24) is 0 Å². The van der Waals surface area contributed by atoms with Crippen molar-refractivity contribution in [3.63, 3.8) is 0 Å². The molecule has 0 aromatic heterocycles. The van der Waals surface area contributed by atoms with Crippen LogP contribution in [0.4, 0.5) is 5.69 Å². The van der Waals surface area contributed by atoms with Crippen molar-refractivity contribution in [3.05, 3.63) is 28.2 Å². The van der Waals surface area contributed by atoms with Crippen molar-refractivity contribution in [1.29, 1.82) is 0 Å². The summed E-state index contributed by atoms with van der Waals surface area (Å²) in [6.45, 7) is 6.66. The van der Waals surface area contributed by atoms with E-state index in [0.717, 1.165) is 4.47 Å². The van der Waals surface area contributed by atoms with Crippen molar-refractivity contribution in [2.45, 2.75) is 58.2 Å².